The van der Waals surface area contributed by atoms with Crippen LogP contribution in [-0.4, -0.2) is 6.61 Å². The molecule has 3 rings (SSSR count). The molecule has 0 aliphatic heterocycles. The Kier molecular flexibility index (Phi) is 6.19. The molecule has 0 bridgehead atoms. The van der Waals surface area contributed by atoms with Crippen LogP contribution in [0.25, 0.3) is 0 Å². The van der Waals surface area contributed by atoms with Gasteiger partial charge in [-0.25, -0.2) is 0 Å². The molecule has 0 fully saturated rings. The first-order valence-electron chi connectivity index (χ1n) is 8.16. The third-order valence-corrected chi connectivity index (χ3v) is 4.14. The Morgan fingerprint density at radius 2 is 1.65 bits per heavy atom. The Morgan fingerprint density at radius 3 is 2.38 bits per heavy atom. The zero-order chi connectivity index (χ0) is 18.2. The van der Waals surface area contributed by atoms with Crippen molar-refractivity contribution in [3.8, 4) is 29.6 Å². The molecule has 26 heavy (non-hydrogen) atoms. The number of nitrogens with one attached hydrogen (secondary N) is 1. The van der Waals surface area contributed by atoms with Crippen molar-refractivity contribution >= 4 is 21.6 Å². The van der Waals surface area contributed by atoms with E-state index in [2.05, 4.69) is 27.2 Å². The number of terminal acetylenes is 1. The van der Waals surface area contributed by atoms with Gasteiger partial charge in [0.1, 0.15) is 23.9 Å². The fraction of sp³-hybridized carbons (Fsp3) is 0.0909. The number of halogens is 1. The zero-order valence-corrected chi connectivity index (χ0v) is 15.7. The second-order valence-electron chi connectivity index (χ2n) is 5.54. The average molecular weight is 408 g/mol. The van der Waals surface area contributed by atoms with E-state index in [9.17, 15) is 0 Å². The fourth-order valence-electron chi connectivity index (χ4n) is 2.41. The lowest BCUT2D eigenvalue weighted by Gasteiger charge is -2.13. The van der Waals surface area contributed by atoms with Gasteiger partial charge in [0.15, 0.2) is 0 Å². The summed E-state index contributed by atoms with van der Waals surface area (Å²) >= 11 is 3.49. The summed E-state index contributed by atoms with van der Waals surface area (Å²) in [5, 5.41) is 3.39. The summed E-state index contributed by atoms with van der Waals surface area (Å²) in [5.74, 6) is 4.88. The Morgan fingerprint density at radius 1 is 0.923 bits per heavy atom. The molecule has 0 saturated carbocycles. The van der Waals surface area contributed by atoms with Crippen molar-refractivity contribution in [1.82, 2.24) is 0 Å². The van der Waals surface area contributed by atoms with E-state index in [-0.39, 0.29) is 6.61 Å². The standard InChI is InChI=1S/C22H18BrNO2/c1-2-14-25-22-13-8-18(23)15-17(22)16-24-19-9-11-21(12-10-19)26-20-6-4-3-5-7-20/h1,3-13,15,24H,14,16H2. The number of anilines is 1. The molecule has 4 heteroatoms. The lowest BCUT2D eigenvalue weighted by Crippen LogP contribution is -2.03. The molecule has 3 aromatic carbocycles. The minimum Gasteiger partial charge on any atom is -0.481 e. The molecule has 3 aromatic rings. The molecular formula is C22H18BrNO2. The van der Waals surface area contributed by atoms with Crippen LogP contribution in [0.5, 0.6) is 17.2 Å². The van der Waals surface area contributed by atoms with Gasteiger partial charge >= 0.3 is 0 Å². The quantitative estimate of drug-likeness (QED) is 0.497. The van der Waals surface area contributed by atoms with Gasteiger partial charge in [-0.15, -0.1) is 6.42 Å². The third-order valence-electron chi connectivity index (χ3n) is 3.65. The van der Waals surface area contributed by atoms with E-state index in [1.54, 1.807) is 0 Å². The molecule has 3 nitrogen and oxygen atoms in total. The summed E-state index contributed by atoms with van der Waals surface area (Å²) < 4.78 is 12.4. The number of ether oxygens (including phenoxy) is 2. The van der Waals surface area contributed by atoms with E-state index < -0.39 is 0 Å². The van der Waals surface area contributed by atoms with Crippen LogP contribution in [0.2, 0.25) is 0 Å². The van der Waals surface area contributed by atoms with Crippen LogP contribution >= 0.6 is 15.9 Å². The Balaban J connectivity index is 1.63. The Hall–Kier alpha value is -2.90. The average Bonchev–Trinajstić information content (AvgIpc) is 2.67. The van der Waals surface area contributed by atoms with Crippen molar-refractivity contribution in [1.29, 1.82) is 0 Å². The molecule has 0 aromatic heterocycles. The van der Waals surface area contributed by atoms with Crippen LogP contribution in [0.1, 0.15) is 5.56 Å². The second kappa shape index (κ2) is 8.98. The Labute approximate surface area is 162 Å². The van der Waals surface area contributed by atoms with Crippen LogP contribution in [0.4, 0.5) is 5.69 Å². The summed E-state index contributed by atoms with van der Waals surface area (Å²) in [5.41, 5.74) is 2.02. The van der Waals surface area contributed by atoms with E-state index in [0.29, 0.717) is 6.54 Å². The van der Waals surface area contributed by atoms with E-state index in [0.717, 1.165) is 33.0 Å². The normalized spacial score (nSPS) is 10.0. The van der Waals surface area contributed by atoms with Crippen LogP contribution in [0, 0.1) is 12.3 Å². The van der Waals surface area contributed by atoms with Gasteiger partial charge in [-0.05, 0) is 54.6 Å². The van der Waals surface area contributed by atoms with Gasteiger partial charge in [0, 0.05) is 22.3 Å². The maximum Gasteiger partial charge on any atom is 0.148 e. The minimum absolute atomic E-state index is 0.250. The van der Waals surface area contributed by atoms with Crippen molar-refractivity contribution in [2.75, 3.05) is 11.9 Å². The number of para-hydroxylation sites is 1. The predicted octanol–water partition coefficient (Wildman–Crippen LogP) is 5.87. The maximum absolute atomic E-state index is 5.80. The van der Waals surface area contributed by atoms with Gasteiger partial charge in [0.25, 0.3) is 0 Å². The van der Waals surface area contributed by atoms with Gasteiger partial charge in [-0.1, -0.05) is 40.0 Å². The van der Waals surface area contributed by atoms with E-state index in [1.165, 1.54) is 0 Å². The molecule has 1 N–H and O–H groups in total. The van der Waals surface area contributed by atoms with Gasteiger partial charge in [0.05, 0.1) is 0 Å². The second-order valence-corrected chi connectivity index (χ2v) is 6.45. The summed E-state index contributed by atoms with van der Waals surface area (Å²) in [6.45, 7) is 0.873. The maximum atomic E-state index is 5.80. The molecule has 0 aliphatic carbocycles. The molecule has 0 atom stereocenters. The molecule has 0 amide bonds. The predicted molar refractivity (Wildman–Crippen MR) is 109 cm³/mol. The summed E-state index contributed by atoms with van der Waals surface area (Å²) in [6, 6.07) is 23.4. The van der Waals surface area contributed by atoms with Gasteiger partial charge in [-0.2, -0.15) is 0 Å². The van der Waals surface area contributed by atoms with Crippen LogP contribution in [0.3, 0.4) is 0 Å². The highest BCUT2D eigenvalue weighted by Crippen LogP contribution is 2.26. The molecule has 0 unspecified atom stereocenters. The SMILES string of the molecule is C#CCOc1ccc(Br)cc1CNc1ccc(Oc2ccccc2)cc1. The largest absolute Gasteiger partial charge is 0.481 e. The molecule has 0 spiro atoms. The van der Waals surface area contributed by atoms with Gasteiger partial charge in [0.2, 0.25) is 0 Å². The summed E-state index contributed by atoms with van der Waals surface area (Å²) in [4.78, 5) is 0. The van der Waals surface area contributed by atoms with Crippen molar-refractivity contribution < 1.29 is 9.47 Å². The molecule has 0 heterocycles. The topological polar surface area (TPSA) is 30.5 Å². The molecule has 130 valence electrons. The van der Waals surface area contributed by atoms with Gasteiger partial charge in [-0.3, -0.25) is 0 Å². The highest BCUT2D eigenvalue weighted by Gasteiger charge is 2.05. The molecule has 0 aliphatic rings. The number of hydrogen-bond acceptors (Lipinski definition) is 3. The van der Waals surface area contributed by atoms with Crippen LogP contribution < -0.4 is 14.8 Å². The molecule has 0 saturated heterocycles. The highest BCUT2D eigenvalue weighted by molar-refractivity contribution is 9.10. The van der Waals surface area contributed by atoms with Crippen molar-refractivity contribution in [3.05, 3.63) is 82.8 Å². The molecular weight excluding hydrogens is 390 g/mol. The first-order chi connectivity index (χ1) is 12.7. The number of benzene rings is 3. The van der Waals surface area contributed by atoms with E-state index >= 15 is 0 Å². The van der Waals surface area contributed by atoms with Crippen molar-refractivity contribution in [2.24, 2.45) is 0 Å². The zero-order valence-electron chi connectivity index (χ0n) is 14.1. The highest BCUT2D eigenvalue weighted by atomic mass is 79.9. The van der Waals surface area contributed by atoms with Crippen LogP contribution in [-0.2, 0) is 6.54 Å². The number of hydrogen-bond donors (Lipinski definition) is 1. The van der Waals surface area contributed by atoms with Crippen molar-refractivity contribution in [3.63, 3.8) is 0 Å². The lowest BCUT2D eigenvalue weighted by molar-refractivity contribution is 0.366. The third kappa shape index (κ3) is 5.05. The summed E-state index contributed by atoms with van der Waals surface area (Å²) in [7, 11) is 0. The fourth-order valence-corrected chi connectivity index (χ4v) is 2.82. The van der Waals surface area contributed by atoms with Gasteiger partial charge < -0.3 is 14.8 Å². The summed E-state index contributed by atoms with van der Waals surface area (Å²) in [6.07, 6.45) is 5.28. The Bertz CT molecular complexity index is 886. The monoisotopic (exact) mass is 407 g/mol. The van der Waals surface area contributed by atoms with Crippen molar-refractivity contribution in [2.45, 2.75) is 6.54 Å². The lowest BCUT2D eigenvalue weighted by atomic mass is 10.2. The van der Waals surface area contributed by atoms with E-state index in [4.69, 9.17) is 15.9 Å². The van der Waals surface area contributed by atoms with Crippen LogP contribution in [0.15, 0.2) is 77.3 Å². The minimum atomic E-state index is 0.250. The molecule has 0 radical (unpaired) electrons. The number of rotatable bonds is 7. The first-order valence-corrected chi connectivity index (χ1v) is 8.95. The van der Waals surface area contributed by atoms with E-state index in [1.807, 2.05) is 72.8 Å². The first kappa shape index (κ1) is 17.9. The smallest absolute Gasteiger partial charge is 0.148 e.